The summed E-state index contributed by atoms with van der Waals surface area (Å²) in [5.74, 6) is 0. The number of ether oxygens (including phenoxy) is 1. The van der Waals surface area contributed by atoms with E-state index in [9.17, 15) is 4.79 Å². The Morgan fingerprint density at radius 3 is 2.14 bits per heavy atom. The largest absolute Gasteiger partial charge is 1.00 e. The summed E-state index contributed by atoms with van der Waals surface area (Å²) in [6, 6.07) is 0. The number of hydrogen-bond acceptors (Lipinski definition) is 2. The molecule has 0 rings (SSSR count). The Labute approximate surface area is 57.9 Å². The van der Waals surface area contributed by atoms with Gasteiger partial charge in [0.1, 0.15) is 0 Å². The first kappa shape index (κ1) is 10.1. The van der Waals surface area contributed by atoms with Crippen LogP contribution in [0, 0.1) is 0 Å². The molecule has 0 fully saturated rings. The van der Waals surface area contributed by atoms with Crippen LogP contribution in [0.5, 0.6) is 0 Å². The van der Waals surface area contributed by atoms with E-state index in [1.807, 2.05) is 0 Å². The molecule has 0 heterocycles. The smallest absolute Gasteiger partial charge is 0.620 e. The summed E-state index contributed by atoms with van der Waals surface area (Å²) in [4.78, 5) is 9.79. The summed E-state index contributed by atoms with van der Waals surface area (Å²) >= 11 is 0. The van der Waals surface area contributed by atoms with Crippen LogP contribution in [0.4, 0.5) is 4.79 Å². The summed E-state index contributed by atoms with van der Waals surface area (Å²) < 4.78 is 4.09. The molecule has 0 atom stereocenters. The number of methoxy groups -OCH3 is 1. The standard InChI is InChI=1S/C3H7NO2.Au/c1-4-3(5)6-2;/h1-2H3,(H,4,5);/q;+1/p-1. The van der Waals surface area contributed by atoms with Gasteiger partial charge in [-0.15, -0.1) is 7.05 Å². The van der Waals surface area contributed by atoms with Crippen LogP contribution in [0.3, 0.4) is 0 Å². The Morgan fingerprint density at radius 1 is 1.71 bits per heavy atom. The van der Waals surface area contributed by atoms with E-state index in [4.69, 9.17) is 0 Å². The first-order valence-corrected chi connectivity index (χ1v) is 1.49. The molecule has 0 aliphatic rings. The minimum atomic E-state index is -0.532. The van der Waals surface area contributed by atoms with Crippen LogP contribution in [0.2, 0.25) is 0 Å². The molecule has 0 radical (unpaired) electrons. The number of carbonyl (C=O) groups is 1. The summed E-state index contributed by atoms with van der Waals surface area (Å²) in [5.41, 5.74) is 0. The maximum atomic E-state index is 9.79. The predicted octanol–water partition coefficient (Wildman–Crippen LogP) is 0.754. The van der Waals surface area contributed by atoms with Gasteiger partial charge < -0.3 is 10.1 Å². The van der Waals surface area contributed by atoms with E-state index < -0.39 is 6.09 Å². The van der Waals surface area contributed by atoms with Crippen LogP contribution in [-0.2, 0) is 27.1 Å². The van der Waals surface area contributed by atoms with E-state index in [0.29, 0.717) is 0 Å². The van der Waals surface area contributed by atoms with Gasteiger partial charge in [0.25, 0.3) is 0 Å². The molecular weight excluding hydrogens is 279 g/mol. The van der Waals surface area contributed by atoms with Crippen LogP contribution >= 0.6 is 0 Å². The van der Waals surface area contributed by atoms with Crippen LogP contribution in [0.1, 0.15) is 0 Å². The van der Waals surface area contributed by atoms with Crippen LogP contribution in [-0.4, -0.2) is 20.3 Å². The van der Waals surface area contributed by atoms with Crippen molar-refractivity contribution in [1.29, 1.82) is 0 Å². The predicted molar refractivity (Wildman–Crippen MR) is 21.7 cm³/mol. The van der Waals surface area contributed by atoms with Gasteiger partial charge in [-0.25, -0.2) is 0 Å². The fraction of sp³-hybridized carbons (Fsp3) is 0.667. The fourth-order valence-corrected chi connectivity index (χ4v) is 0.0913. The van der Waals surface area contributed by atoms with Crippen LogP contribution < -0.4 is 0 Å². The third-order valence-electron chi connectivity index (χ3n) is 0.357. The summed E-state index contributed by atoms with van der Waals surface area (Å²) in [7, 11) is 2.67. The van der Waals surface area contributed by atoms with Gasteiger partial charge in [-0.05, 0) is 0 Å². The quantitative estimate of drug-likeness (QED) is 0.616. The molecule has 0 N–H and O–H groups in total. The maximum absolute atomic E-state index is 9.79. The van der Waals surface area contributed by atoms with Gasteiger partial charge in [-0.1, -0.05) is 0 Å². The molecule has 3 nitrogen and oxygen atoms in total. The number of hydrogen-bond donors (Lipinski definition) is 0. The second-order valence-electron chi connectivity index (χ2n) is 0.694. The third-order valence-corrected chi connectivity index (χ3v) is 0.357. The zero-order valence-corrected chi connectivity index (χ0v) is 6.23. The Bertz CT molecular complexity index is 50.9. The zero-order chi connectivity index (χ0) is 4.99. The summed E-state index contributed by atoms with van der Waals surface area (Å²) in [5, 5.41) is 3.15. The van der Waals surface area contributed by atoms with E-state index in [0.717, 1.165) is 0 Å². The molecule has 46 valence electrons. The van der Waals surface area contributed by atoms with Crippen molar-refractivity contribution in [1.82, 2.24) is 0 Å². The monoisotopic (exact) mass is 285 g/mol. The molecule has 1 amide bonds. The fourth-order valence-electron chi connectivity index (χ4n) is 0.0913. The molecule has 0 aromatic rings. The average molecular weight is 285 g/mol. The van der Waals surface area contributed by atoms with Gasteiger partial charge in [0.15, 0.2) is 0 Å². The minimum Gasteiger partial charge on any atom is -0.620 e. The van der Waals surface area contributed by atoms with Gasteiger partial charge in [-0.3, -0.25) is 4.79 Å². The summed E-state index contributed by atoms with van der Waals surface area (Å²) in [6.07, 6.45) is -0.532. The number of carbonyl (C=O) groups excluding carboxylic acids is 1. The van der Waals surface area contributed by atoms with Crippen molar-refractivity contribution < 1.29 is 31.9 Å². The number of nitrogens with zero attached hydrogens (tertiary/aromatic N) is 1. The first-order valence-electron chi connectivity index (χ1n) is 1.49. The van der Waals surface area contributed by atoms with Crippen molar-refractivity contribution in [3.05, 3.63) is 5.32 Å². The molecule has 0 spiro atoms. The van der Waals surface area contributed by atoms with Crippen molar-refractivity contribution >= 4 is 6.09 Å². The van der Waals surface area contributed by atoms with Crippen molar-refractivity contribution in [2.45, 2.75) is 0 Å². The van der Waals surface area contributed by atoms with Crippen molar-refractivity contribution in [3.63, 3.8) is 0 Å². The molecule has 0 saturated carbocycles. The molecule has 0 aliphatic heterocycles. The van der Waals surface area contributed by atoms with Gasteiger partial charge in [0.2, 0.25) is 6.09 Å². The van der Waals surface area contributed by atoms with Gasteiger partial charge in [0.05, 0.1) is 7.11 Å². The minimum absolute atomic E-state index is 0. The second kappa shape index (κ2) is 6.01. The SMILES string of the molecule is C[N-]C(=O)OC.[Au+]. The normalized spacial score (nSPS) is 6.00. The molecule has 0 bridgehead atoms. The zero-order valence-electron chi connectivity index (χ0n) is 4.07. The van der Waals surface area contributed by atoms with Gasteiger partial charge >= 0.3 is 22.4 Å². The Hall–Kier alpha value is 0.0103. The molecule has 0 saturated heterocycles. The topological polar surface area (TPSA) is 40.4 Å². The van der Waals surface area contributed by atoms with E-state index in [1.54, 1.807) is 0 Å². The van der Waals surface area contributed by atoms with E-state index >= 15 is 0 Å². The van der Waals surface area contributed by atoms with Crippen molar-refractivity contribution in [2.24, 2.45) is 0 Å². The molecule has 0 aliphatic carbocycles. The molecule has 0 aromatic heterocycles. The molecule has 7 heavy (non-hydrogen) atoms. The maximum Gasteiger partial charge on any atom is 1.00 e. The first-order chi connectivity index (χ1) is 2.81. The third kappa shape index (κ3) is 6.01. The Morgan fingerprint density at radius 2 is 2.14 bits per heavy atom. The molecule has 0 aromatic carbocycles. The van der Waals surface area contributed by atoms with Gasteiger partial charge in [-0.2, -0.15) is 0 Å². The van der Waals surface area contributed by atoms with E-state index in [2.05, 4.69) is 10.1 Å². The molecule has 4 heteroatoms. The van der Waals surface area contributed by atoms with Crippen LogP contribution in [0.25, 0.3) is 5.32 Å². The Kier molecular flexibility index (Phi) is 8.66. The summed E-state index contributed by atoms with van der Waals surface area (Å²) in [6.45, 7) is 0. The molecular formula is C3H6AuNO2. The molecule has 0 unspecified atom stereocenters. The number of amides is 1. The van der Waals surface area contributed by atoms with Crippen LogP contribution in [0.15, 0.2) is 0 Å². The Balaban J connectivity index is 0. The number of rotatable bonds is 0. The van der Waals surface area contributed by atoms with Crippen molar-refractivity contribution in [3.8, 4) is 0 Å². The average Bonchev–Trinajstić information content (AvgIpc) is 1.65. The van der Waals surface area contributed by atoms with E-state index in [1.165, 1.54) is 14.2 Å². The van der Waals surface area contributed by atoms with E-state index in [-0.39, 0.29) is 22.4 Å². The van der Waals surface area contributed by atoms with Gasteiger partial charge in [0, 0.05) is 0 Å². The van der Waals surface area contributed by atoms with Crippen molar-refractivity contribution in [2.75, 3.05) is 14.2 Å². The second-order valence-corrected chi connectivity index (χ2v) is 0.694.